The molecule has 1 aliphatic heterocycles. The van der Waals surface area contributed by atoms with Gasteiger partial charge in [0.1, 0.15) is 0 Å². The molecule has 18 heavy (non-hydrogen) atoms. The largest absolute Gasteiger partial charge is 0.377 e. The second-order valence-electron chi connectivity index (χ2n) is 6.59. The van der Waals surface area contributed by atoms with Gasteiger partial charge in [-0.15, -0.1) is 0 Å². The number of rotatable bonds is 6. The number of hydrogen-bond acceptors (Lipinski definition) is 3. The van der Waals surface area contributed by atoms with Crippen LogP contribution in [0.5, 0.6) is 0 Å². The number of nitrogens with one attached hydrogen (secondary N) is 1. The lowest BCUT2D eigenvalue weighted by atomic mass is 9.86. The quantitative estimate of drug-likeness (QED) is 0.787. The summed E-state index contributed by atoms with van der Waals surface area (Å²) in [6.45, 7) is 12.6. The summed E-state index contributed by atoms with van der Waals surface area (Å²) in [6, 6.07) is 0.822. The Kier molecular flexibility index (Phi) is 5.05. The highest BCUT2D eigenvalue weighted by atomic mass is 16.5. The predicted molar refractivity (Wildman–Crippen MR) is 75.9 cm³/mol. The molecule has 2 fully saturated rings. The van der Waals surface area contributed by atoms with Gasteiger partial charge in [0.25, 0.3) is 0 Å². The molecule has 3 heteroatoms. The first-order chi connectivity index (χ1) is 8.61. The van der Waals surface area contributed by atoms with E-state index in [0.717, 1.165) is 19.2 Å². The van der Waals surface area contributed by atoms with Crippen molar-refractivity contribution in [3.8, 4) is 0 Å². The maximum atomic E-state index is 5.73. The van der Waals surface area contributed by atoms with Crippen molar-refractivity contribution >= 4 is 0 Å². The molecule has 2 atom stereocenters. The lowest BCUT2D eigenvalue weighted by Gasteiger charge is -2.35. The van der Waals surface area contributed by atoms with Crippen LogP contribution in [0.25, 0.3) is 0 Å². The Morgan fingerprint density at radius 2 is 2.17 bits per heavy atom. The molecular formula is C15H30N2O. The van der Waals surface area contributed by atoms with Crippen LogP contribution in [0.15, 0.2) is 0 Å². The van der Waals surface area contributed by atoms with E-state index in [1.54, 1.807) is 0 Å². The van der Waals surface area contributed by atoms with E-state index in [1.807, 2.05) is 0 Å². The zero-order valence-electron chi connectivity index (χ0n) is 12.4. The summed E-state index contributed by atoms with van der Waals surface area (Å²) < 4.78 is 5.73. The summed E-state index contributed by atoms with van der Waals surface area (Å²) in [5, 5.41) is 3.71. The third kappa shape index (κ3) is 4.52. The van der Waals surface area contributed by atoms with Gasteiger partial charge in [-0.25, -0.2) is 0 Å². The zero-order valence-corrected chi connectivity index (χ0v) is 12.4. The Balaban J connectivity index is 1.82. The SMILES string of the molecule is CCC(C)(CNC1CC1)CN1CCCOC(C)C1. The lowest BCUT2D eigenvalue weighted by molar-refractivity contribution is 0.0598. The Hall–Kier alpha value is -0.120. The van der Waals surface area contributed by atoms with Crippen LogP contribution in [0, 0.1) is 5.41 Å². The smallest absolute Gasteiger partial charge is 0.0673 e. The molecule has 3 nitrogen and oxygen atoms in total. The standard InChI is InChI=1S/C15H30N2O/c1-4-15(3,11-16-14-6-7-14)12-17-8-5-9-18-13(2)10-17/h13-14,16H,4-12H2,1-3H3. The van der Waals surface area contributed by atoms with E-state index >= 15 is 0 Å². The third-order valence-electron chi connectivity index (χ3n) is 4.39. The van der Waals surface area contributed by atoms with Gasteiger partial charge >= 0.3 is 0 Å². The molecule has 0 aromatic rings. The summed E-state index contributed by atoms with van der Waals surface area (Å²) in [5.41, 5.74) is 0.409. The molecule has 2 aliphatic rings. The van der Waals surface area contributed by atoms with Gasteiger partial charge in [0.2, 0.25) is 0 Å². The van der Waals surface area contributed by atoms with Crippen molar-refractivity contribution < 1.29 is 4.74 Å². The molecular weight excluding hydrogens is 224 g/mol. The highest BCUT2D eigenvalue weighted by molar-refractivity contribution is 4.87. The molecule has 0 aromatic carbocycles. The average Bonchev–Trinajstić information content (AvgIpc) is 3.15. The lowest BCUT2D eigenvalue weighted by Crippen LogP contribution is -2.44. The molecule has 1 aliphatic carbocycles. The Morgan fingerprint density at radius 1 is 1.39 bits per heavy atom. The van der Waals surface area contributed by atoms with E-state index < -0.39 is 0 Å². The predicted octanol–water partition coefficient (Wildman–Crippen LogP) is 2.27. The topological polar surface area (TPSA) is 24.5 Å². The maximum absolute atomic E-state index is 5.73. The number of ether oxygens (including phenoxy) is 1. The van der Waals surface area contributed by atoms with Crippen molar-refractivity contribution in [1.29, 1.82) is 0 Å². The highest BCUT2D eigenvalue weighted by Crippen LogP contribution is 2.26. The molecule has 2 unspecified atom stereocenters. The molecule has 0 radical (unpaired) electrons. The van der Waals surface area contributed by atoms with Crippen LogP contribution in [0.3, 0.4) is 0 Å². The summed E-state index contributed by atoms with van der Waals surface area (Å²) in [6.07, 6.45) is 5.59. The normalized spacial score (nSPS) is 29.8. The van der Waals surface area contributed by atoms with Crippen LogP contribution in [0.2, 0.25) is 0 Å². The molecule has 1 heterocycles. The minimum absolute atomic E-state index is 0.394. The Labute approximate surface area is 112 Å². The van der Waals surface area contributed by atoms with E-state index in [1.165, 1.54) is 45.3 Å². The first kappa shape index (κ1) is 14.3. The molecule has 1 saturated carbocycles. The van der Waals surface area contributed by atoms with Gasteiger partial charge in [0, 0.05) is 38.8 Å². The van der Waals surface area contributed by atoms with E-state index in [9.17, 15) is 0 Å². The van der Waals surface area contributed by atoms with Gasteiger partial charge in [0.15, 0.2) is 0 Å². The minimum atomic E-state index is 0.394. The fraction of sp³-hybridized carbons (Fsp3) is 1.00. The van der Waals surface area contributed by atoms with Crippen molar-refractivity contribution in [2.45, 2.75) is 58.6 Å². The van der Waals surface area contributed by atoms with Gasteiger partial charge < -0.3 is 15.0 Å². The van der Waals surface area contributed by atoms with Crippen molar-refractivity contribution in [2.75, 3.05) is 32.8 Å². The Morgan fingerprint density at radius 3 is 2.83 bits per heavy atom. The molecule has 0 amide bonds. The number of nitrogens with zero attached hydrogens (tertiary/aromatic N) is 1. The van der Waals surface area contributed by atoms with Gasteiger partial charge in [-0.3, -0.25) is 0 Å². The van der Waals surface area contributed by atoms with E-state index in [2.05, 4.69) is 31.0 Å². The van der Waals surface area contributed by atoms with Crippen LogP contribution < -0.4 is 5.32 Å². The molecule has 0 aromatic heterocycles. The van der Waals surface area contributed by atoms with E-state index in [-0.39, 0.29) is 0 Å². The fourth-order valence-electron chi connectivity index (χ4n) is 2.73. The van der Waals surface area contributed by atoms with Crippen LogP contribution in [-0.2, 0) is 4.74 Å². The molecule has 1 saturated heterocycles. The van der Waals surface area contributed by atoms with Crippen molar-refractivity contribution in [2.24, 2.45) is 5.41 Å². The fourth-order valence-corrected chi connectivity index (χ4v) is 2.73. The molecule has 106 valence electrons. The van der Waals surface area contributed by atoms with Gasteiger partial charge in [-0.1, -0.05) is 13.8 Å². The van der Waals surface area contributed by atoms with E-state index in [4.69, 9.17) is 4.74 Å². The summed E-state index contributed by atoms with van der Waals surface area (Å²) in [4.78, 5) is 2.61. The van der Waals surface area contributed by atoms with Gasteiger partial charge in [-0.05, 0) is 38.0 Å². The zero-order chi connectivity index (χ0) is 13.0. The third-order valence-corrected chi connectivity index (χ3v) is 4.39. The highest BCUT2D eigenvalue weighted by Gasteiger charge is 2.30. The maximum Gasteiger partial charge on any atom is 0.0673 e. The first-order valence-electron chi connectivity index (χ1n) is 7.69. The van der Waals surface area contributed by atoms with Crippen LogP contribution in [0.4, 0.5) is 0 Å². The minimum Gasteiger partial charge on any atom is -0.377 e. The molecule has 1 N–H and O–H groups in total. The summed E-state index contributed by atoms with van der Waals surface area (Å²) in [7, 11) is 0. The van der Waals surface area contributed by atoms with E-state index in [0.29, 0.717) is 11.5 Å². The molecule has 0 spiro atoms. The second-order valence-corrected chi connectivity index (χ2v) is 6.59. The summed E-state index contributed by atoms with van der Waals surface area (Å²) >= 11 is 0. The molecule has 2 rings (SSSR count). The van der Waals surface area contributed by atoms with Gasteiger partial charge in [-0.2, -0.15) is 0 Å². The first-order valence-corrected chi connectivity index (χ1v) is 7.69. The average molecular weight is 254 g/mol. The second kappa shape index (κ2) is 6.36. The van der Waals surface area contributed by atoms with Gasteiger partial charge in [0.05, 0.1) is 6.10 Å². The molecule has 0 bridgehead atoms. The summed E-state index contributed by atoms with van der Waals surface area (Å²) in [5.74, 6) is 0. The number of hydrogen-bond donors (Lipinski definition) is 1. The van der Waals surface area contributed by atoms with Crippen LogP contribution in [0.1, 0.15) is 46.5 Å². The monoisotopic (exact) mass is 254 g/mol. The Bertz CT molecular complexity index is 255. The van der Waals surface area contributed by atoms with Crippen LogP contribution >= 0.6 is 0 Å². The van der Waals surface area contributed by atoms with Crippen molar-refractivity contribution in [3.63, 3.8) is 0 Å². The van der Waals surface area contributed by atoms with Crippen LogP contribution in [-0.4, -0.2) is 49.8 Å². The van der Waals surface area contributed by atoms with Crippen molar-refractivity contribution in [3.05, 3.63) is 0 Å². The van der Waals surface area contributed by atoms with Crippen molar-refractivity contribution in [1.82, 2.24) is 10.2 Å².